The highest BCUT2D eigenvalue weighted by Gasteiger charge is 2.18. The van der Waals surface area contributed by atoms with E-state index >= 15 is 0 Å². The van der Waals surface area contributed by atoms with Crippen LogP contribution in [0.2, 0.25) is 0 Å². The molecule has 1 saturated heterocycles. The van der Waals surface area contributed by atoms with E-state index in [4.69, 9.17) is 4.98 Å². The van der Waals surface area contributed by atoms with Crippen molar-refractivity contribution in [1.82, 2.24) is 23.9 Å². The van der Waals surface area contributed by atoms with Crippen LogP contribution in [0.25, 0.3) is 11.4 Å². The van der Waals surface area contributed by atoms with E-state index in [1.165, 1.54) is 0 Å². The van der Waals surface area contributed by atoms with Crippen molar-refractivity contribution in [3.63, 3.8) is 0 Å². The fourth-order valence-corrected chi connectivity index (χ4v) is 4.34. The first-order valence-electron chi connectivity index (χ1n) is 11.6. The van der Waals surface area contributed by atoms with Gasteiger partial charge in [-0.05, 0) is 38.6 Å². The predicted octanol–water partition coefficient (Wildman–Crippen LogP) is 2.82. The number of benzene rings is 1. The van der Waals surface area contributed by atoms with Crippen molar-refractivity contribution in [3.05, 3.63) is 76.0 Å². The summed E-state index contributed by atoms with van der Waals surface area (Å²) >= 11 is 0. The van der Waals surface area contributed by atoms with Gasteiger partial charge >= 0.3 is 0 Å². The fraction of sp³-hybridized carbons (Fsp3) is 0.423. The van der Waals surface area contributed by atoms with Gasteiger partial charge in [0.2, 0.25) is 0 Å². The summed E-state index contributed by atoms with van der Waals surface area (Å²) in [6, 6.07) is 12.0. The average Bonchev–Trinajstić information content (AvgIpc) is 3.23. The molecule has 4 rings (SSSR count). The van der Waals surface area contributed by atoms with E-state index in [0.29, 0.717) is 30.0 Å². The number of aryl methyl sites for hydroxylation is 2. The Hall–Kier alpha value is -3.03. The highest BCUT2D eigenvalue weighted by molar-refractivity contribution is 5.94. The minimum Gasteiger partial charge on any atom is -0.326 e. The minimum absolute atomic E-state index is 0.0277. The van der Waals surface area contributed by atoms with Crippen molar-refractivity contribution in [2.45, 2.75) is 26.3 Å². The summed E-state index contributed by atoms with van der Waals surface area (Å²) in [5.41, 5.74) is 3.09. The second-order valence-corrected chi connectivity index (χ2v) is 9.06. The summed E-state index contributed by atoms with van der Waals surface area (Å²) in [6.45, 7) is 7.65. The van der Waals surface area contributed by atoms with Crippen LogP contribution in [0, 0.1) is 6.92 Å². The molecule has 1 aromatic carbocycles. The van der Waals surface area contributed by atoms with Gasteiger partial charge in [0.05, 0.1) is 0 Å². The number of hydrogen-bond acceptors (Lipinski definition) is 5. The van der Waals surface area contributed by atoms with Crippen LogP contribution >= 0.6 is 0 Å². The molecule has 0 saturated carbocycles. The second kappa shape index (κ2) is 10.3. The summed E-state index contributed by atoms with van der Waals surface area (Å²) in [5, 5.41) is 0. The third kappa shape index (κ3) is 5.67. The third-order valence-electron chi connectivity index (χ3n) is 6.35. The van der Waals surface area contributed by atoms with Crippen molar-refractivity contribution in [2.75, 3.05) is 39.8 Å². The van der Waals surface area contributed by atoms with E-state index in [-0.39, 0.29) is 11.3 Å². The minimum atomic E-state index is -0.0277. The van der Waals surface area contributed by atoms with Gasteiger partial charge in [-0.15, -0.1) is 0 Å². The standard InChI is InChI=1S/C26H33N5O2/c1-20-16-22(18-29(3)26(20)33)25-27-23(19-31(25)17-21-8-5-4-6-9-21)24(32)10-7-11-30-14-12-28(2)13-15-30/h4-6,8-9,16,18-19H,7,10-15,17H2,1-3H3. The van der Waals surface area contributed by atoms with Crippen LogP contribution in [0.4, 0.5) is 0 Å². The second-order valence-electron chi connectivity index (χ2n) is 9.06. The molecule has 0 unspecified atom stereocenters. The lowest BCUT2D eigenvalue weighted by Crippen LogP contribution is -2.44. The first-order valence-corrected chi connectivity index (χ1v) is 11.6. The van der Waals surface area contributed by atoms with E-state index in [1.807, 2.05) is 35.0 Å². The number of aromatic nitrogens is 3. The molecule has 0 amide bonds. The molecule has 0 aliphatic carbocycles. The molecule has 0 spiro atoms. The Labute approximate surface area is 195 Å². The number of piperazine rings is 1. The summed E-state index contributed by atoms with van der Waals surface area (Å²) in [6.07, 6.45) is 4.98. The smallest absolute Gasteiger partial charge is 0.253 e. The van der Waals surface area contributed by atoms with Crippen LogP contribution in [0.3, 0.4) is 0 Å². The van der Waals surface area contributed by atoms with Crippen LogP contribution < -0.4 is 5.56 Å². The zero-order valence-corrected chi connectivity index (χ0v) is 19.8. The number of ketones is 1. The zero-order chi connectivity index (χ0) is 23.4. The van der Waals surface area contributed by atoms with E-state index in [9.17, 15) is 9.59 Å². The van der Waals surface area contributed by atoms with Crippen LogP contribution in [0.1, 0.15) is 34.5 Å². The monoisotopic (exact) mass is 447 g/mol. The number of hydrogen-bond donors (Lipinski definition) is 0. The number of imidazole rings is 1. The predicted molar refractivity (Wildman–Crippen MR) is 131 cm³/mol. The Kier molecular flexibility index (Phi) is 7.20. The lowest BCUT2D eigenvalue weighted by molar-refractivity contribution is 0.0963. The zero-order valence-electron chi connectivity index (χ0n) is 19.8. The molecule has 1 aliphatic heterocycles. The fourth-order valence-electron chi connectivity index (χ4n) is 4.34. The molecule has 0 N–H and O–H groups in total. The lowest BCUT2D eigenvalue weighted by atomic mass is 10.1. The van der Waals surface area contributed by atoms with Crippen molar-refractivity contribution >= 4 is 5.78 Å². The van der Waals surface area contributed by atoms with Crippen molar-refractivity contribution < 1.29 is 4.79 Å². The van der Waals surface area contributed by atoms with Gasteiger partial charge < -0.3 is 18.9 Å². The van der Waals surface area contributed by atoms with Gasteiger partial charge in [-0.1, -0.05) is 30.3 Å². The molecule has 174 valence electrons. The van der Waals surface area contributed by atoms with Gasteiger partial charge in [0, 0.05) is 69.7 Å². The number of rotatable bonds is 8. The summed E-state index contributed by atoms with van der Waals surface area (Å²) in [7, 11) is 3.89. The van der Waals surface area contributed by atoms with Crippen LogP contribution in [-0.4, -0.2) is 69.5 Å². The first kappa shape index (κ1) is 23.1. The van der Waals surface area contributed by atoms with Crippen molar-refractivity contribution in [3.8, 4) is 11.4 Å². The number of nitrogens with zero attached hydrogens (tertiary/aromatic N) is 5. The summed E-state index contributed by atoms with van der Waals surface area (Å²) in [4.78, 5) is 34.7. The molecule has 7 nitrogen and oxygen atoms in total. The molecule has 0 bridgehead atoms. The van der Waals surface area contributed by atoms with Crippen LogP contribution in [-0.2, 0) is 13.6 Å². The molecule has 7 heteroatoms. The lowest BCUT2D eigenvalue weighted by Gasteiger charge is -2.32. The van der Waals surface area contributed by atoms with Gasteiger partial charge in [0.15, 0.2) is 5.78 Å². The molecule has 33 heavy (non-hydrogen) atoms. The molecule has 0 atom stereocenters. The molecule has 0 radical (unpaired) electrons. The van der Waals surface area contributed by atoms with Gasteiger partial charge in [-0.3, -0.25) is 9.59 Å². The average molecular weight is 448 g/mol. The molecule has 1 aliphatic rings. The maximum Gasteiger partial charge on any atom is 0.253 e. The van der Waals surface area contributed by atoms with E-state index < -0.39 is 0 Å². The quantitative estimate of drug-likeness (QED) is 0.497. The van der Waals surface area contributed by atoms with Gasteiger partial charge in [-0.2, -0.15) is 0 Å². The normalized spacial score (nSPS) is 15.1. The number of Topliss-reactive ketones (excluding diaryl/α,β-unsaturated/α-hetero) is 1. The van der Waals surface area contributed by atoms with E-state index in [2.05, 4.69) is 29.0 Å². The van der Waals surface area contributed by atoms with E-state index in [1.54, 1.807) is 24.7 Å². The first-order chi connectivity index (χ1) is 15.9. The highest BCUT2D eigenvalue weighted by atomic mass is 16.1. The Morgan fingerprint density at radius 1 is 1.03 bits per heavy atom. The van der Waals surface area contributed by atoms with Crippen LogP contribution in [0.5, 0.6) is 0 Å². The van der Waals surface area contributed by atoms with E-state index in [0.717, 1.165) is 50.3 Å². The third-order valence-corrected chi connectivity index (χ3v) is 6.35. The molecule has 3 aromatic rings. The maximum atomic E-state index is 13.0. The van der Waals surface area contributed by atoms with Gasteiger partial charge in [0.25, 0.3) is 5.56 Å². The molecular weight excluding hydrogens is 414 g/mol. The molecular formula is C26H33N5O2. The number of carbonyl (C=O) groups is 1. The number of carbonyl (C=O) groups excluding carboxylic acids is 1. The van der Waals surface area contributed by atoms with Gasteiger partial charge in [0.1, 0.15) is 11.5 Å². The Morgan fingerprint density at radius 3 is 2.45 bits per heavy atom. The largest absolute Gasteiger partial charge is 0.326 e. The highest BCUT2D eigenvalue weighted by Crippen LogP contribution is 2.21. The Morgan fingerprint density at radius 2 is 1.76 bits per heavy atom. The number of likely N-dealkylation sites (N-methyl/N-ethyl adjacent to an activating group) is 1. The summed E-state index contributed by atoms with van der Waals surface area (Å²) in [5.74, 6) is 0.777. The molecule has 3 heterocycles. The number of pyridine rings is 1. The van der Waals surface area contributed by atoms with Gasteiger partial charge in [-0.25, -0.2) is 4.98 Å². The van der Waals surface area contributed by atoms with Crippen LogP contribution in [0.15, 0.2) is 53.6 Å². The van der Waals surface area contributed by atoms with Crippen molar-refractivity contribution in [1.29, 1.82) is 0 Å². The maximum absolute atomic E-state index is 13.0. The Balaban J connectivity index is 1.54. The SMILES string of the molecule is Cc1cc(-c2nc(C(=O)CCCN3CCN(C)CC3)cn2Cc2ccccc2)cn(C)c1=O. The Bertz CT molecular complexity index is 1130. The summed E-state index contributed by atoms with van der Waals surface area (Å²) < 4.78 is 3.59. The molecule has 2 aromatic heterocycles. The van der Waals surface area contributed by atoms with Crippen molar-refractivity contribution in [2.24, 2.45) is 7.05 Å². The topological polar surface area (TPSA) is 63.4 Å². The molecule has 1 fully saturated rings.